The van der Waals surface area contributed by atoms with Crippen molar-refractivity contribution in [3.8, 4) is 0 Å². The molecule has 0 aromatic carbocycles. The molecule has 0 N–H and O–H groups in total. The summed E-state index contributed by atoms with van der Waals surface area (Å²) in [4.78, 5) is 11.4. The molecule has 752 valence electrons. The van der Waals surface area contributed by atoms with Gasteiger partial charge in [-0.05, 0) is 230 Å². The molecular weight excluding hydrogens is 1630 g/mol. The second kappa shape index (κ2) is 112. The lowest BCUT2D eigenvalue weighted by molar-refractivity contribution is -0.115. The van der Waals surface area contributed by atoms with Crippen molar-refractivity contribution < 1.29 is 44.7 Å². The summed E-state index contributed by atoms with van der Waals surface area (Å²) >= 11 is 0.677. The number of ketones is 1. The molecule has 0 heterocycles. The number of thioether (sulfide) groups is 1. The lowest BCUT2D eigenvalue weighted by atomic mass is 9.58. The average molecular weight is 1900 g/mol. The van der Waals surface area contributed by atoms with Crippen molar-refractivity contribution >= 4 is 117 Å². The molecule has 0 radical (unpaired) electrons. The van der Waals surface area contributed by atoms with E-state index in [0.29, 0.717) is 29.2 Å². The van der Waals surface area contributed by atoms with E-state index < -0.39 is 85.3 Å². The Labute approximate surface area is 769 Å². The first-order valence-electron chi connectivity index (χ1n) is 35.7. The summed E-state index contributed by atoms with van der Waals surface area (Å²) in [5.41, 5.74) is 1.39. The molecule has 0 aliphatic heterocycles. The molecule has 0 aliphatic rings. The third-order valence-corrected chi connectivity index (χ3v) is 38.5. The highest BCUT2D eigenvalue weighted by Gasteiger charge is 2.31. The Morgan fingerprint density at radius 1 is 0.417 bits per heavy atom. The van der Waals surface area contributed by atoms with Gasteiger partial charge < -0.3 is 37.0 Å². The van der Waals surface area contributed by atoms with E-state index in [2.05, 4.69) is 325 Å². The van der Waals surface area contributed by atoms with Crippen molar-refractivity contribution in [2.45, 2.75) is 464 Å². The molecule has 0 spiro atoms. The van der Waals surface area contributed by atoms with Gasteiger partial charge in [-0.1, -0.05) is 307 Å². The van der Waals surface area contributed by atoms with Gasteiger partial charge in [-0.15, -0.1) is 7.92 Å². The van der Waals surface area contributed by atoms with Crippen molar-refractivity contribution in [3.63, 3.8) is 0 Å². The van der Waals surface area contributed by atoms with Gasteiger partial charge in [-0.2, -0.15) is 11.8 Å². The zero-order chi connectivity index (χ0) is 87.9. The van der Waals surface area contributed by atoms with Crippen LogP contribution in [0, 0.1) is 16.2 Å². The molecule has 1 atom stereocenters. The largest absolute Gasteiger partial charge is 0.456 e. The van der Waals surface area contributed by atoms with Crippen molar-refractivity contribution in [1.82, 2.24) is 4.90 Å². The number of rotatable bonds is 5. The van der Waals surface area contributed by atoms with Crippen LogP contribution >= 0.6 is 26.8 Å². The molecule has 0 saturated carbocycles. The summed E-state index contributed by atoms with van der Waals surface area (Å²) in [5, 5.41) is 0.576. The number of Topliss-reactive ketones (excluding diaryl/α,β-unsaturated/α-hetero) is 1. The summed E-state index contributed by atoms with van der Waals surface area (Å²) in [6, 6.07) is 0. The van der Waals surface area contributed by atoms with Gasteiger partial charge >= 0.3 is 0 Å². The standard InChI is InChI=1S/C8H18O.C8H18.C7H18Si.C6H18OSi2.C6H18Si2.C5H12O.C5H12.C4H12OSi.C4H12Si.C3H9B.C3H9N.C3H9OP.C3H6O.C3H9P.C2H6O2S.C2H6OS.C2H6O.C2H6S.15CH4/c1-7(2,3)9-8(4,5)6;2*1-7(2,3)8(4,5)6;1-8(2,3)7-9(4,5)6;1-7(2,3)8(4,5)6;1-5(2,3)6-4;1-5(2,3)4;1-5-6(2,3)4;1-5(2,3)4;2*1-4(2)3;1-5(2,3)4;1-3(2)4;1-4(2)3;1-4-5(2)3;1-4(2)3;2*1-3-2;;;;;;;;;;;;;;;/h1-6H3;2*1-6H3;1-6H3;1-6H3;1-4H3;1-4H3;1-4H3;1-4H3;2*1-3H3;1-3H3;1-2H3;1-3H3;1-2H3;1-2H3;2*1-2H3;15*1H4. The minimum Gasteiger partial charge on any atom is -0.456 e. The summed E-state index contributed by atoms with van der Waals surface area (Å²) in [7, 11) is 5.75. The monoisotopic (exact) mass is 1900 g/mol. The lowest BCUT2D eigenvalue weighted by Crippen LogP contribution is -2.49. The molecule has 0 aromatic heterocycles. The van der Waals surface area contributed by atoms with E-state index >= 15 is 0 Å². The first kappa shape index (κ1) is 223. The van der Waals surface area contributed by atoms with E-state index in [1.165, 1.54) is 27.2 Å². The van der Waals surface area contributed by atoms with Gasteiger partial charge in [-0.3, -0.25) is 8.39 Å². The molecule has 11 nitrogen and oxygen atoms in total. The molecule has 1 unspecified atom stereocenters. The highest BCUT2D eigenvalue weighted by atomic mass is 32.2. The fourth-order valence-corrected chi connectivity index (χ4v) is 9.19. The van der Waals surface area contributed by atoms with E-state index in [0.717, 1.165) is 6.71 Å². The number of carbonyl (C=O) groups excluding carboxylic acids is 1. The molecule has 24 heteroatoms. The van der Waals surface area contributed by atoms with Crippen LogP contribution in [0.1, 0.15) is 278 Å². The number of carbonyl (C=O) groups is 1. The highest BCUT2D eigenvalue weighted by molar-refractivity contribution is 7.97. The van der Waals surface area contributed by atoms with Crippen LogP contribution in [0.15, 0.2) is 0 Å². The van der Waals surface area contributed by atoms with Crippen LogP contribution in [-0.4, -0.2) is 227 Å². The molecule has 0 aromatic rings. The van der Waals surface area contributed by atoms with Crippen molar-refractivity contribution in [1.29, 1.82) is 0 Å². The molecular formula is C91H264BNO10P2S3Si7. The Balaban J connectivity index is -0.0000000200. The molecule has 0 aliphatic carbocycles. The van der Waals surface area contributed by atoms with Crippen molar-refractivity contribution in [3.05, 3.63) is 0 Å². The van der Waals surface area contributed by atoms with Gasteiger partial charge in [-0.25, -0.2) is 4.21 Å². The number of hydrogen-bond acceptors (Lipinski definition) is 12. The minimum atomic E-state index is -1.64. The first-order valence-corrected chi connectivity index (χ1v) is 72.2. The van der Waals surface area contributed by atoms with Crippen LogP contribution in [0.5, 0.6) is 0 Å². The second-order valence-electron chi connectivity index (χ2n) is 42.1. The Morgan fingerprint density at radius 3 is 0.504 bits per heavy atom. The topological polar surface area (TPSA) is 127 Å². The minimum absolute atomic E-state index is 0. The van der Waals surface area contributed by atoms with Gasteiger partial charge in [0.2, 0.25) is 0 Å². The predicted octanol–water partition coefficient (Wildman–Crippen LogP) is 36.6. The number of nitrogens with zero attached hydrogens (tertiary/aromatic N) is 1. The zero-order valence-electron chi connectivity index (χ0n) is 82.7. The number of methoxy groups -OCH3 is 2. The molecule has 0 bridgehead atoms. The van der Waals surface area contributed by atoms with Gasteiger partial charge in [0.25, 0.3) is 0 Å². The van der Waals surface area contributed by atoms with Gasteiger partial charge in [0.15, 0.2) is 36.0 Å². The molecule has 0 amide bonds. The molecule has 0 rings (SSSR count). The normalized spacial score (nSPS) is 10.3. The van der Waals surface area contributed by atoms with E-state index in [9.17, 15) is 17.8 Å². The maximum absolute atomic E-state index is 10.2. The van der Waals surface area contributed by atoms with Crippen LogP contribution in [0.3, 0.4) is 0 Å². The predicted molar refractivity (Wildman–Crippen MR) is 612 cm³/mol. The fourth-order valence-electron chi connectivity index (χ4n) is 1.84. The van der Waals surface area contributed by atoms with Gasteiger partial charge in [0.05, 0.1) is 31.1 Å². The summed E-state index contributed by atoms with van der Waals surface area (Å²) in [6.07, 6.45) is 8.83. The van der Waals surface area contributed by atoms with E-state index in [1.807, 2.05) is 59.3 Å². The highest BCUT2D eigenvalue weighted by Crippen LogP contribution is 2.37. The van der Waals surface area contributed by atoms with Crippen LogP contribution in [-0.2, 0) is 58.2 Å². The summed E-state index contributed by atoms with van der Waals surface area (Å²) < 4.78 is 59.5. The molecule has 0 fully saturated rings. The van der Waals surface area contributed by atoms with Crippen molar-refractivity contribution in [2.75, 3.05) is 128 Å². The van der Waals surface area contributed by atoms with E-state index in [-0.39, 0.29) is 134 Å². The summed E-state index contributed by atoms with van der Waals surface area (Å²) in [5.74, 6) is 0.167. The maximum atomic E-state index is 10.2. The fraction of sp³-hybridized carbons (Fsp3) is 0.989. The third kappa shape index (κ3) is 625. The van der Waals surface area contributed by atoms with Crippen LogP contribution in [0.4, 0.5) is 0 Å². The third-order valence-electron chi connectivity index (χ3n) is 9.43. The summed E-state index contributed by atoms with van der Waals surface area (Å²) in [6.45, 7) is 121. The zero-order valence-corrected chi connectivity index (χ0v) is 94.0. The molecule has 115 heavy (non-hydrogen) atoms. The smallest absolute Gasteiger partial charge is 0.183 e. The van der Waals surface area contributed by atoms with E-state index in [4.69, 9.17) is 18.0 Å². The first-order chi connectivity index (χ1) is 42.0. The average Bonchev–Trinajstić information content (AvgIpc) is 0.888. The van der Waals surface area contributed by atoms with Gasteiger partial charge in [0.1, 0.15) is 12.5 Å². The number of ether oxygens (including phenoxy) is 3. The Kier molecular flexibility index (Phi) is 218. The Morgan fingerprint density at radius 2 is 0.504 bits per heavy atom. The SMILES string of the molecule is C.C.C.C.C.C.C.C.C.C.C.C.C.C.C.CB(C)C.CC(C)(C)C.CC(C)(C)C(C)(C)C.CC(C)(C)OC(C)(C)C.CC(C)(C)[Si](C)(C)C.CC(C)=O.CN(C)C.COC.COC(C)(C)C.COS(C)=O.CO[Si](C)(C)C.CP(C)(C)=O.CP(C)C.CS(C)=O.CSC.C[Si](C)(C)C.C[Si](C)(C)O[Si](C)(C)C.C[Si](C)(C)[Si](C)(C)C. The Hall–Kier alpha value is 2.28. The van der Waals surface area contributed by atoms with Crippen molar-refractivity contribution in [2.24, 2.45) is 16.2 Å². The van der Waals surface area contributed by atoms with Crippen LogP contribution in [0.25, 0.3) is 0 Å². The van der Waals surface area contributed by atoms with Crippen LogP contribution < -0.4 is 0 Å². The Bertz CT molecular complexity index is 1530. The quantitative estimate of drug-likeness (QED) is 0.192. The second-order valence-corrected chi connectivity index (χ2v) is 95.9. The molecule has 0 saturated heterocycles. The number of hydrogen-bond donors (Lipinski definition) is 0. The van der Waals surface area contributed by atoms with Gasteiger partial charge in [0, 0.05) is 89.3 Å². The van der Waals surface area contributed by atoms with Crippen LogP contribution in [0.2, 0.25) is 170 Å². The lowest BCUT2D eigenvalue weighted by Gasteiger charge is -2.34. The maximum Gasteiger partial charge on any atom is 0.183 e. The van der Waals surface area contributed by atoms with E-state index in [1.54, 1.807) is 72.7 Å².